The summed E-state index contributed by atoms with van der Waals surface area (Å²) in [7, 11) is 0. The van der Waals surface area contributed by atoms with E-state index in [1.807, 2.05) is 0 Å². The molecule has 0 N–H and O–H groups in total. The van der Waals surface area contributed by atoms with Gasteiger partial charge in [-0.3, -0.25) is 0 Å². The first kappa shape index (κ1) is 25.7. The molecule has 1 unspecified atom stereocenters. The molecule has 0 aromatic heterocycles. The number of hydrogen-bond acceptors (Lipinski definition) is 2. The summed E-state index contributed by atoms with van der Waals surface area (Å²) in [6.45, 7) is 12.4. The van der Waals surface area contributed by atoms with Gasteiger partial charge in [-0.1, -0.05) is 77.8 Å². The Morgan fingerprint density at radius 3 is 2.56 bits per heavy atom. The number of allylic oxidation sites excluding steroid dienone is 1. The van der Waals surface area contributed by atoms with E-state index in [0.717, 1.165) is 54.8 Å². The van der Waals surface area contributed by atoms with Crippen LogP contribution in [0.25, 0.3) is 0 Å². The fraction of sp³-hybridized carbons (Fsp3) is 0.926. The molecule has 0 heterocycles. The molecule has 3 fully saturated rings. The minimum Gasteiger partial charge on any atom is -0.315 e. The summed E-state index contributed by atoms with van der Waals surface area (Å²) < 4.78 is 19.5. The third kappa shape index (κ3) is 4.96. The molecule has 9 atom stereocenters. The SMILES string of the molecule is CC(C)CCC[C@@H](C)[C@H]1CC[C@H]2[C@@H]3CC=C4C[C@@H](OP(F)(=S)S)CC[C@]4(C)[C@H]3CC[C@]12C. The van der Waals surface area contributed by atoms with Crippen LogP contribution in [0.15, 0.2) is 11.6 Å². The minimum atomic E-state index is -3.39. The molecule has 0 amide bonds. The summed E-state index contributed by atoms with van der Waals surface area (Å²) in [5.41, 5.74) is 2.35. The molecule has 184 valence electrons. The molecule has 0 aliphatic heterocycles. The standard InChI is InChI=1S/C27H46FOPS2/c1-18(2)7-6-8-19(3)23-11-12-24-22-10-9-20-17-21(29-30(28,31)32)13-15-26(20,4)25(22)14-16-27(23,24)5/h9,18-19,21-25H,6-8,10-17H2,1-5H3,(H,31,32)/t19-,21+,22+,23-,24+,25+,26+,27-/m1/s1. The van der Waals surface area contributed by atoms with Gasteiger partial charge in [-0.25, -0.2) is 0 Å². The Labute approximate surface area is 207 Å². The quantitative estimate of drug-likeness (QED) is 0.212. The van der Waals surface area contributed by atoms with E-state index in [-0.39, 0.29) is 11.5 Å². The van der Waals surface area contributed by atoms with E-state index < -0.39 is 5.78 Å². The lowest BCUT2D eigenvalue weighted by Crippen LogP contribution is -2.50. The zero-order chi connectivity index (χ0) is 23.3. The first-order valence-electron chi connectivity index (χ1n) is 13.3. The number of hydrogen-bond donors (Lipinski definition) is 1. The molecule has 0 spiro atoms. The molecule has 1 nitrogen and oxygen atoms in total. The fourth-order valence-corrected chi connectivity index (χ4v) is 10.2. The fourth-order valence-electron chi connectivity index (χ4n) is 8.93. The van der Waals surface area contributed by atoms with Gasteiger partial charge in [0.05, 0.1) is 6.10 Å². The lowest BCUT2D eigenvalue weighted by Gasteiger charge is -2.58. The Hall–Kier alpha value is 0.630. The van der Waals surface area contributed by atoms with Crippen molar-refractivity contribution in [3.8, 4) is 0 Å². The van der Waals surface area contributed by atoms with Crippen LogP contribution in [0.5, 0.6) is 0 Å². The first-order chi connectivity index (χ1) is 14.9. The highest BCUT2D eigenvalue weighted by Crippen LogP contribution is 2.68. The molecule has 0 radical (unpaired) electrons. The lowest BCUT2D eigenvalue weighted by molar-refractivity contribution is -0.0556. The van der Waals surface area contributed by atoms with Crippen molar-refractivity contribution in [3.05, 3.63) is 11.6 Å². The highest BCUT2D eigenvalue weighted by molar-refractivity contribution is 8.59. The Bertz CT molecular complexity index is 763. The van der Waals surface area contributed by atoms with Gasteiger partial charge in [0.25, 0.3) is 5.78 Å². The Kier molecular flexibility index (Phi) is 7.71. The van der Waals surface area contributed by atoms with Gasteiger partial charge in [0, 0.05) is 0 Å². The van der Waals surface area contributed by atoms with Crippen LogP contribution in [0.3, 0.4) is 0 Å². The summed E-state index contributed by atoms with van der Waals surface area (Å²) in [6.07, 6.45) is 16.4. The van der Waals surface area contributed by atoms with E-state index in [0.29, 0.717) is 5.41 Å². The highest BCUT2D eigenvalue weighted by Gasteiger charge is 2.59. The number of thiol groups is 1. The van der Waals surface area contributed by atoms with Gasteiger partial charge in [0.15, 0.2) is 0 Å². The van der Waals surface area contributed by atoms with Gasteiger partial charge in [-0.05, 0) is 110 Å². The minimum absolute atomic E-state index is 0.0735. The van der Waals surface area contributed by atoms with E-state index in [2.05, 4.69) is 52.9 Å². The van der Waals surface area contributed by atoms with Crippen LogP contribution in [0.4, 0.5) is 4.20 Å². The van der Waals surface area contributed by atoms with Gasteiger partial charge < -0.3 is 4.52 Å². The summed E-state index contributed by atoms with van der Waals surface area (Å²) >= 11 is 8.74. The van der Waals surface area contributed by atoms with Crippen LogP contribution in [-0.2, 0) is 16.3 Å². The predicted octanol–water partition coefficient (Wildman–Crippen LogP) is 9.54. The Morgan fingerprint density at radius 2 is 1.88 bits per heavy atom. The van der Waals surface area contributed by atoms with Crippen molar-refractivity contribution in [2.75, 3.05) is 0 Å². The largest absolute Gasteiger partial charge is 0.315 e. The zero-order valence-electron chi connectivity index (χ0n) is 21.0. The molecule has 32 heavy (non-hydrogen) atoms. The van der Waals surface area contributed by atoms with Crippen molar-refractivity contribution in [1.29, 1.82) is 0 Å². The van der Waals surface area contributed by atoms with Crippen molar-refractivity contribution in [1.82, 2.24) is 0 Å². The maximum atomic E-state index is 13.9. The predicted molar refractivity (Wildman–Crippen MR) is 142 cm³/mol. The summed E-state index contributed by atoms with van der Waals surface area (Å²) in [4.78, 5) is 0. The maximum absolute atomic E-state index is 13.9. The van der Waals surface area contributed by atoms with Gasteiger partial charge >= 0.3 is 0 Å². The van der Waals surface area contributed by atoms with E-state index in [1.54, 1.807) is 0 Å². The molecule has 4 aliphatic carbocycles. The second kappa shape index (κ2) is 9.59. The number of rotatable bonds is 7. The molecule has 4 rings (SSSR count). The van der Waals surface area contributed by atoms with Crippen LogP contribution < -0.4 is 0 Å². The highest BCUT2D eigenvalue weighted by atomic mass is 32.9. The molecule has 0 bridgehead atoms. The molecule has 5 heteroatoms. The summed E-state index contributed by atoms with van der Waals surface area (Å²) in [6, 6.07) is 0. The topological polar surface area (TPSA) is 9.23 Å². The molecule has 0 aromatic carbocycles. The van der Waals surface area contributed by atoms with Crippen LogP contribution in [-0.4, -0.2) is 6.10 Å². The Balaban J connectivity index is 1.46. The summed E-state index contributed by atoms with van der Waals surface area (Å²) in [5, 5.41) is 0. The third-order valence-corrected chi connectivity index (χ3v) is 11.6. The monoisotopic (exact) mass is 500 g/mol. The maximum Gasteiger partial charge on any atom is 0.285 e. The van der Waals surface area contributed by atoms with Gasteiger partial charge in [-0.15, -0.1) is 0 Å². The summed E-state index contributed by atoms with van der Waals surface area (Å²) in [5.74, 6) is 1.73. The zero-order valence-corrected chi connectivity index (χ0v) is 23.6. The molecule has 4 aliphatic rings. The van der Waals surface area contributed by atoms with Crippen LogP contribution in [0.2, 0.25) is 0 Å². The van der Waals surface area contributed by atoms with E-state index in [9.17, 15) is 4.20 Å². The average molecular weight is 501 g/mol. The van der Waals surface area contributed by atoms with Crippen molar-refractivity contribution in [3.63, 3.8) is 0 Å². The molecule has 3 saturated carbocycles. The molecular weight excluding hydrogens is 454 g/mol. The van der Waals surface area contributed by atoms with Gasteiger partial charge in [0.2, 0.25) is 0 Å². The van der Waals surface area contributed by atoms with Gasteiger partial charge in [-0.2, -0.15) is 4.20 Å². The van der Waals surface area contributed by atoms with Crippen molar-refractivity contribution >= 4 is 29.8 Å². The second-order valence-electron chi connectivity index (χ2n) is 12.7. The van der Waals surface area contributed by atoms with E-state index in [1.165, 1.54) is 56.9 Å². The Morgan fingerprint density at radius 1 is 1.12 bits per heavy atom. The number of fused-ring (bicyclic) bond motifs is 5. The smallest absolute Gasteiger partial charge is 0.285 e. The van der Waals surface area contributed by atoms with E-state index >= 15 is 0 Å². The molecule has 0 aromatic rings. The van der Waals surface area contributed by atoms with E-state index in [4.69, 9.17) is 16.3 Å². The third-order valence-electron chi connectivity index (χ3n) is 10.5. The van der Waals surface area contributed by atoms with Crippen molar-refractivity contribution in [2.24, 2.45) is 46.3 Å². The first-order valence-corrected chi connectivity index (χ1v) is 17.1. The normalized spacial score (nSPS) is 44.2. The van der Waals surface area contributed by atoms with Crippen molar-refractivity contribution < 1.29 is 8.72 Å². The van der Waals surface area contributed by atoms with Crippen molar-refractivity contribution in [2.45, 2.75) is 111 Å². The van der Waals surface area contributed by atoms with Crippen LogP contribution >= 0.6 is 18.0 Å². The average Bonchev–Trinajstić information content (AvgIpc) is 3.04. The number of halogens is 1. The lowest BCUT2D eigenvalue weighted by atomic mass is 9.47. The van der Waals surface area contributed by atoms with Gasteiger partial charge in [0.1, 0.15) is 0 Å². The second-order valence-corrected chi connectivity index (χ2v) is 17.6. The molecular formula is C27H46FOPS2. The molecule has 0 saturated heterocycles. The van der Waals surface area contributed by atoms with Crippen LogP contribution in [0.1, 0.15) is 105 Å². The van der Waals surface area contributed by atoms with Crippen LogP contribution in [0, 0.1) is 46.3 Å².